The van der Waals surface area contributed by atoms with E-state index in [2.05, 4.69) is 15.8 Å². The van der Waals surface area contributed by atoms with Gasteiger partial charge in [0.15, 0.2) is 0 Å². The zero-order valence-electron chi connectivity index (χ0n) is 15.7. The average Bonchev–Trinajstić information content (AvgIpc) is 2.84. The maximum atomic E-state index is 13.4. The second-order valence-corrected chi connectivity index (χ2v) is 10.0. The van der Waals surface area contributed by atoms with E-state index in [4.69, 9.17) is 0 Å². The zero-order valence-corrected chi connectivity index (χ0v) is 16.5. The van der Waals surface area contributed by atoms with Gasteiger partial charge in [0.2, 0.25) is 10.0 Å². The summed E-state index contributed by atoms with van der Waals surface area (Å²) < 4.78 is 28.6. The lowest BCUT2D eigenvalue weighted by Crippen LogP contribution is -2.54. The predicted molar refractivity (Wildman–Crippen MR) is 101 cm³/mol. The molecule has 0 radical (unpaired) electrons. The Balaban J connectivity index is 1.58. The molecule has 0 saturated carbocycles. The van der Waals surface area contributed by atoms with E-state index in [1.165, 1.54) is 0 Å². The maximum Gasteiger partial charge on any atom is 0.254 e. The van der Waals surface area contributed by atoms with E-state index in [0.717, 1.165) is 12.8 Å². The SMILES string of the molecule is CC1NNC(C)C1S(=O)(=O)N1C[C@@H]2CC[C@H]1CN(C(=O)c1ccncc1)C2. The largest absolute Gasteiger partial charge is 0.337 e. The van der Waals surface area contributed by atoms with Crippen LogP contribution in [0.4, 0.5) is 0 Å². The molecule has 4 atom stereocenters. The van der Waals surface area contributed by atoms with E-state index < -0.39 is 15.3 Å². The number of nitrogens with zero attached hydrogens (tertiary/aromatic N) is 3. The molecule has 1 aromatic rings. The maximum absolute atomic E-state index is 13.4. The Morgan fingerprint density at radius 1 is 1.07 bits per heavy atom. The molecule has 9 heteroatoms. The molecule has 0 spiro atoms. The quantitative estimate of drug-likeness (QED) is 0.762. The lowest BCUT2D eigenvalue weighted by atomic mass is 9.97. The van der Waals surface area contributed by atoms with Gasteiger partial charge in [0.05, 0.1) is 0 Å². The lowest BCUT2D eigenvalue weighted by molar-refractivity contribution is 0.0745. The van der Waals surface area contributed by atoms with Gasteiger partial charge in [0, 0.05) is 55.7 Å². The molecule has 1 aromatic heterocycles. The van der Waals surface area contributed by atoms with Crippen molar-refractivity contribution in [1.29, 1.82) is 0 Å². The molecule has 8 nitrogen and oxygen atoms in total. The molecule has 4 aliphatic rings. The summed E-state index contributed by atoms with van der Waals surface area (Å²) in [5, 5.41) is -0.499. The summed E-state index contributed by atoms with van der Waals surface area (Å²) in [6, 6.07) is 2.97. The van der Waals surface area contributed by atoms with Crippen LogP contribution in [-0.2, 0) is 10.0 Å². The smallest absolute Gasteiger partial charge is 0.254 e. The molecule has 2 N–H and O–H groups in total. The highest BCUT2D eigenvalue weighted by Gasteiger charge is 2.49. The Labute approximate surface area is 160 Å². The molecule has 4 aliphatic heterocycles. The number of carbonyl (C=O) groups excluding carboxylic acids is 1. The van der Waals surface area contributed by atoms with Gasteiger partial charge < -0.3 is 4.90 Å². The van der Waals surface area contributed by atoms with Gasteiger partial charge in [-0.15, -0.1) is 0 Å². The van der Waals surface area contributed by atoms with E-state index in [-0.39, 0.29) is 30.0 Å². The number of aromatic nitrogens is 1. The fourth-order valence-electron chi connectivity index (χ4n) is 4.73. The fraction of sp³-hybridized carbons (Fsp3) is 0.667. The number of carbonyl (C=O) groups is 1. The molecule has 2 bridgehead atoms. The van der Waals surface area contributed by atoms with Gasteiger partial charge in [-0.25, -0.2) is 8.42 Å². The number of sulfonamides is 1. The van der Waals surface area contributed by atoms with Crippen LogP contribution in [0.3, 0.4) is 0 Å². The van der Waals surface area contributed by atoms with Gasteiger partial charge in [0.1, 0.15) is 5.25 Å². The standard InChI is InChI=1S/C18H27N5O3S/c1-12-17(13(2)21-20-12)27(25,26)23-10-14-3-4-16(23)11-22(9-14)18(24)15-5-7-19-8-6-15/h5-8,12-14,16-17,20-21H,3-4,9-11H2,1-2H3/t12?,13?,14-,16+,17?/m1/s1. The van der Waals surface area contributed by atoms with Crippen molar-refractivity contribution in [1.82, 2.24) is 25.0 Å². The van der Waals surface area contributed by atoms with Crippen molar-refractivity contribution in [3.8, 4) is 0 Å². The molecule has 4 saturated heterocycles. The highest BCUT2D eigenvalue weighted by Crippen LogP contribution is 2.33. The first-order chi connectivity index (χ1) is 12.9. The van der Waals surface area contributed by atoms with Crippen LogP contribution in [0.5, 0.6) is 0 Å². The minimum atomic E-state index is -3.47. The highest BCUT2D eigenvalue weighted by atomic mass is 32.2. The second-order valence-electron chi connectivity index (χ2n) is 7.99. The molecular formula is C18H27N5O3S. The van der Waals surface area contributed by atoms with Crippen LogP contribution in [-0.4, -0.2) is 71.5 Å². The van der Waals surface area contributed by atoms with Crippen molar-refractivity contribution in [3.63, 3.8) is 0 Å². The molecule has 5 rings (SSSR count). The van der Waals surface area contributed by atoms with E-state index in [9.17, 15) is 13.2 Å². The molecule has 4 fully saturated rings. The predicted octanol–water partition coefficient (Wildman–Crippen LogP) is 0.201. The Kier molecular flexibility index (Phi) is 4.96. The van der Waals surface area contributed by atoms with E-state index in [0.29, 0.717) is 25.2 Å². The number of amides is 1. The topological polar surface area (TPSA) is 94.6 Å². The van der Waals surface area contributed by atoms with Crippen molar-refractivity contribution in [3.05, 3.63) is 30.1 Å². The molecule has 1 amide bonds. The zero-order chi connectivity index (χ0) is 19.2. The van der Waals surface area contributed by atoms with E-state index in [1.54, 1.807) is 28.8 Å². The van der Waals surface area contributed by atoms with Gasteiger partial charge in [-0.05, 0) is 44.7 Å². The third-order valence-corrected chi connectivity index (χ3v) is 8.68. The Bertz CT molecular complexity index is 792. The van der Waals surface area contributed by atoms with Gasteiger partial charge in [0.25, 0.3) is 5.91 Å². The molecule has 0 aromatic carbocycles. The van der Waals surface area contributed by atoms with E-state index >= 15 is 0 Å². The summed E-state index contributed by atoms with van der Waals surface area (Å²) in [6.07, 6.45) is 4.99. The molecule has 2 unspecified atom stereocenters. The highest BCUT2D eigenvalue weighted by molar-refractivity contribution is 7.89. The van der Waals surface area contributed by atoms with Crippen LogP contribution in [0.25, 0.3) is 0 Å². The number of fused-ring (bicyclic) bond motifs is 4. The van der Waals surface area contributed by atoms with Crippen LogP contribution in [0.15, 0.2) is 24.5 Å². The minimum absolute atomic E-state index is 0.0421. The normalized spacial score (nSPS) is 34.6. The first kappa shape index (κ1) is 18.8. The molecule has 5 heterocycles. The summed E-state index contributed by atoms with van der Waals surface area (Å²) >= 11 is 0. The fourth-order valence-corrected chi connectivity index (χ4v) is 7.21. The monoisotopic (exact) mass is 393 g/mol. The number of rotatable bonds is 3. The number of nitrogens with one attached hydrogen (secondary N) is 2. The van der Waals surface area contributed by atoms with Gasteiger partial charge in [-0.3, -0.25) is 20.6 Å². The number of hydrogen-bond donors (Lipinski definition) is 2. The Hall–Kier alpha value is -1.55. The number of hydrazine groups is 1. The van der Waals surface area contributed by atoms with Gasteiger partial charge in [-0.1, -0.05) is 0 Å². The molecule has 27 heavy (non-hydrogen) atoms. The summed E-state index contributed by atoms with van der Waals surface area (Å²) in [7, 11) is -3.47. The number of piperidine rings is 1. The van der Waals surface area contributed by atoms with Crippen molar-refractivity contribution in [2.24, 2.45) is 5.92 Å². The summed E-state index contributed by atoms with van der Waals surface area (Å²) in [6.45, 7) is 5.36. The summed E-state index contributed by atoms with van der Waals surface area (Å²) in [5.41, 5.74) is 6.70. The van der Waals surface area contributed by atoms with Crippen LogP contribution in [0, 0.1) is 5.92 Å². The third kappa shape index (κ3) is 3.37. The molecule has 148 valence electrons. The van der Waals surface area contributed by atoms with Crippen LogP contribution < -0.4 is 10.9 Å². The van der Waals surface area contributed by atoms with Crippen LogP contribution >= 0.6 is 0 Å². The van der Waals surface area contributed by atoms with Crippen molar-refractivity contribution < 1.29 is 13.2 Å². The van der Waals surface area contributed by atoms with E-state index in [1.807, 2.05) is 18.7 Å². The summed E-state index contributed by atoms with van der Waals surface area (Å²) in [5.74, 6) is 0.136. The van der Waals surface area contributed by atoms with Crippen molar-refractivity contribution >= 4 is 15.9 Å². The van der Waals surface area contributed by atoms with Gasteiger partial charge in [-0.2, -0.15) is 4.31 Å². The second kappa shape index (κ2) is 7.12. The van der Waals surface area contributed by atoms with Crippen LogP contribution in [0.2, 0.25) is 0 Å². The van der Waals surface area contributed by atoms with Crippen LogP contribution in [0.1, 0.15) is 37.0 Å². The third-order valence-electron chi connectivity index (χ3n) is 6.07. The van der Waals surface area contributed by atoms with Crippen molar-refractivity contribution in [2.75, 3.05) is 19.6 Å². The Morgan fingerprint density at radius 2 is 1.74 bits per heavy atom. The average molecular weight is 394 g/mol. The minimum Gasteiger partial charge on any atom is -0.337 e. The first-order valence-electron chi connectivity index (χ1n) is 9.59. The first-order valence-corrected chi connectivity index (χ1v) is 11.1. The lowest BCUT2D eigenvalue weighted by Gasteiger charge is -2.37. The summed E-state index contributed by atoms with van der Waals surface area (Å²) in [4.78, 5) is 18.7. The Morgan fingerprint density at radius 3 is 2.41 bits per heavy atom. The van der Waals surface area contributed by atoms with Gasteiger partial charge >= 0.3 is 0 Å². The van der Waals surface area contributed by atoms with Crippen molar-refractivity contribution in [2.45, 2.75) is 50.1 Å². The molecule has 0 aliphatic carbocycles. The molecular weight excluding hydrogens is 366 g/mol. The number of hydrogen-bond acceptors (Lipinski definition) is 6. The number of pyridine rings is 1.